The van der Waals surface area contributed by atoms with Gasteiger partial charge in [-0.25, -0.2) is 18.0 Å². The highest BCUT2D eigenvalue weighted by Gasteiger charge is 2.16. The molecule has 0 saturated heterocycles. The number of benzene rings is 2. The van der Waals surface area contributed by atoms with Crippen LogP contribution in [-0.2, 0) is 19.6 Å². The molecule has 0 aliphatic carbocycles. The topological polar surface area (TPSA) is 110 Å². The molecule has 0 unspecified atom stereocenters. The van der Waals surface area contributed by atoms with Crippen LogP contribution in [0.25, 0.3) is 0 Å². The Balaban J connectivity index is 1.94. The van der Waals surface area contributed by atoms with E-state index in [-0.39, 0.29) is 5.75 Å². The summed E-state index contributed by atoms with van der Waals surface area (Å²) in [7, 11) is -4.57. The van der Waals surface area contributed by atoms with Crippen LogP contribution in [0.1, 0.15) is 10.4 Å². The van der Waals surface area contributed by atoms with Crippen LogP contribution in [0.15, 0.2) is 47.4 Å². The minimum absolute atomic E-state index is 0.0253. The lowest BCUT2D eigenvalue weighted by molar-refractivity contribution is -0.137. The van der Waals surface area contributed by atoms with E-state index >= 15 is 0 Å². The van der Waals surface area contributed by atoms with Crippen molar-refractivity contribution < 1.29 is 32.0 Å². The zero-order valence-corrected chi connectivity index (χ0v) is 17.4. The van der Waals surface area contributed by atoms with E-state index in [0.29, 0.717) is 9.13 Å². The maximum atomic E-state index is 12.0. The molecule has 0 heterocycles. The van der Waals surface area contributed by atoms with Crippen molar-refractivity contribution in [3.05, 3.63) is 55.2 Å². The summed E-state index contributed by atoms with van der Waals surface area (Å²) in [5.41, 5.74) is 0.338. The van der Waals surface area contributed by atoms with Gasteiger partial charge in [-0.1, -0.05) is 6.07 Å². The van der Waals surface area contributed by atoms with Crippen LogP contribution in [0.4, 0.5) is 0 Å². The highest BCUT2D eigenvalue weighted by Crippen LogP contribution is 2.20. The number of hydrogen-bond acceptors (Lipinski definition) is 7. The molecule has 2 aromatic rings. The van der Waals surface area contributed by atoms with Crippen LogP contribution in [0.5, 0.6) is 5.75 Å². The highest BCUT2D eigenvalue weighted by molar-refractivity contribution is 14.1. The summed E-state index contributed by atoms with van der Waals surface area (Å²) in [6.07, 6.45) is 0. The van der Waals surface area contributed by atoms with Gasteiger partial charge in [0.1, 0.15) is 15.9 Å². The quantitative estimate of drug-likeness (QED) is 0.229. The average Bonchev–Trinajstić information content (AvgIpc) is 2.55. The lowest BCUT2D eigenvalue weighted by Gasteiger charge is -2.09. The molecule has 2 aromatic carbocycles. The molecule has 0 fully saturated rings. The summed E-state index contributed by atoms with van der Waals surface area (Å²) in [5.74, 6) is -1.48. The minimum atomic E-state index is -4.57. The van der Waals surface area contributed by atoms with Crippen LogP contribution in [0.3, 0.4) is 0 Å². The molecule has 0 spiro atoms. The van der Waals surface area contributed by atoms with Gasteiger partial charge in [-0.15, -0.1) is 0 Å². The van der Waals surface area contributed by atoms with Gasteiger partial charge in [0, 0.05) is 7.14 Å². The first-order valence-corrected chi connectivity index (χ1v) is 10.1. The molecular formula is C15H9I2O7S-. The third-order valence-electron chi connectivity index (χ3n) is 2.84. The Morgan fingerprint density at radius 1 is 1.04 bits per heavy atom. The van der Waals surface area contributed by atoms with Crippen molar-refractivity contribution in [2.24, 2.45) is 0 Å². The number of rotatable bonds is 5. The van der Waals surface area contributed by atoms with Crippen LogP contribution in [-0.4, -0.2) is 31.5 Å². The third kappa shape index (κ3) is 5.62. The molecule has 0 N–H and O–H groups in total. The third-order valence-corrected chi connectivity index (χ3v) is 6.78. The Kier molecular flexibility index (Phi) is 6.76. The summed E-state index contributed by atoms with van der Waals surface area (Å²) in [6, 6.07) is 9.47. The van der Waals surface area contributed by atoms with E-state index in [9.17, 15) is 22.6 Å². The second-order valence-electron chi connectivity index (χ2n) is 4.58. The fourth-order valence-electron chi connectivity index (χ4n) is 1.70. The molecule has 0 aliphatic heterocycles. The predicted octanol–water partition coefficient (Wildman–Crippen LogP) is 2.56. The number of ether oxygens (including phenoxy) is 2. The molecule has 2 rings (SSSR count). The summed E-state index contributed by atoms with van der Waals surface area (Å²) in [4.78, 5) is 23.3. The average molecular weight is 587 g/mol. The van der Waals surface area contributed by atoms with Crippen LogP contribution in [0, 0.1) is 7.14 Å². The van der Waals surface area contributed by atoms with Crippen LogP contribution in [0.2, 0.25) is 0 Å². The molecule has 7 nitrogen and oxygen atoms in total. The van der Waals surface area contributed by atoms with Crippen molar-refractivity contribution in [2.45, 2.75) is 4.90 Å². The van der Waals surface area contributed by atoms with Crippen molar-refractivity contribution >= 4 is 67.2 Å². The standard InChI is InChI=1S/C15H10I2O7S/c16-12-3-1-2-11(14(12)17)15(19)23-8-13(18)24-9-4-6-10(7-5-9)25(20,21)22/h1-7H,8H2,(H,20,21,22)/p-1. The Morgan fingerprint density at radius 2 is 1.68 bits per heavy atom. The van der Waals surface area contributed by atoms with E-state index in [0.717, 1.165) is 27.8 Å². The van der Waals surface area contributed by atoms with E-state index in [2.05, 4.69) is 22.6 Å². The molecule has 0 atom stereocenters. The van der Waals surface area contributed by atoms with Gasteiger partial charge in [-0.2, -0.15) is 0 Å². The molecule has 10 heteroatoms. The lowest BCUT2D eigenvalue weighted by atomic mass is 10.2. The first-order chi connectivity index (χ1) is 11.7. The summed E-state index contributed by atoms with van der Waals surface area (Å²) in [5, 5.41) is 0. The SMILES string of the molecule is O=C(COC(=O)c1cccc(I)c1I)Oc1ccc(S(=O)(=O)[O-])cc1. The lowest BCUT2D eigenvalue weighted by Crippen LogP contribution is -2.19. The monoisotopic (exact) mass is 587 g/mol. The zero-order chi connectivity index (χ0) is 18.6. The zero-order valence-electron chi connectivity index (χ0n) is 12.3. The molecule has 0 amide bonds. The van der Waals surface area contributed by atoms with Gasteiger partial charge >= 0.3 is 11.9 Å². The molecule has 25 heavy (non-hydrogen) atoms. The summed E-state index contributed by atoms with van der Waals surface area (Å²) < 4.78 is 43.8. The van der Waals surface area contributed by atoms with Crippen molar-refractivity contribution in [3.8, 4) is 5.75 Å². The van der Waals surface area contributed by atoms with Crippen LogP contribution < -0.4 is 4.74 Å². The maximum absolute atomic E-state index is 12.0. The van der Waals surface area contributed by atoms with Crippen molar-refractivity contribution in [2.75, 3.05) is 6.61 Å². The van der Waals surface area contributed by atoms with E-state index < -0.39 is 33.6 Å². The van der Waals surface area contributed by atoms with E-state index in [1.54, 1.807) is 12.1 Å². The summed E-state index contributed by atoms with van der Waals surface area (Å²) >= 11 is 4.08. The fraction of sp³-hybridized carbons (Fsp3) is 0.0667. The van der Waals surface area contributed by atoms with Crippen molar-refractivity contribution in [1.82, 2.24) is 0 Å². The van der Waals surface area contributed by atoms with Crippen molar-refractivity contribution in [1.29, 1.82) is 0 Å². The highest BCUT2D eigenvalue weighted by atomic mass is 127. The summed E-state index contributed by atoms with van der Waals surface area (Å²) in [6.45, 7) is -0.609. The number of hydrogen-bond donors (Lipinski definition) is 0. The number of carbonyl (C=O) groups is 2. The fourth-order valence-corrected chi connectivity index (χ4v) is 3.25. The Morgan fingerprint density at radius 3 is 2.28 bits per heavy atom. The Labute approximate surface area is 170 Å². The van der Waals surface area contributed by atoms with Gasteiger partial charge < -0.3 is 14.0 Å². The van der Waals surface area contributed by atoms with E-state index in [4.69, 9.17) is 9.47 Å². The second-order valence-corrected chi connectivity index (χ2v) is 8.20. The molecule has 132 valence electrons. The maximum Gasteiger partial charge on any atom is 0.349 e. The molecule has 0 aromatic heterocycles. The normalized spacial score (nSPS) is 11.0. The van der Waals surface area contributed by atoms with Gasteiger partial charge in [0.15, 0.2) is 6.61 Å². The first kappa shape index (κ1) is 20.1. The predicted molar refractivity (Wildman–Crippen MR) is 102 cm³/mol. The van der Waals surface area contributed by atoms with E-state index in [1.165, 1.54) is 0 Å². The van der Waals surface area contributed by atoms with Gasteiger partial charge in [0.05, 0.1) is 10.5 Å². The number of carbonyl (C=O) groups excluding carboxylic acids is 2. The second kappa shape index (κ2) is 8.42. The Bertz CT molecular complexity index is 908. The minimum Gasteiger partial charge on any atom is -0.744 e. The smallest absolute Gasteiger partial charge is 0.349 e. The molecule has 0 bridgehead atoms. The van der Waals surface area contributed by atoms with Gasteiger partial charge in [0.2, 0.25) is 0 Å². The van der Waals surface area contributed by atoms with Gasteiger partial charge in [0.25, 0.3) is 0 Å². The van der Waals surface area contributed by atoms with E-state index in [1.807, 2.05) is 28.7 Å². The molecular weight excluding hydrogens is 578 g/mol. The van der Waals surface area contributed by atoms with Gasteiger partial charge in [-0.05, 0) is 81.6 Å². The van der Waals surface area contributed by atoms with Crippen LogP contribution >= 0.6 is 45.2 Å². The largest absolute Gasteiger partial charge is 0.744 e. The Hall–Kier alpha value is -1.25. The molecule has 0 radical (unpaired) electrons. The number of halogens is 2. The number of esters is 2. The molecule has 0 aliphatic rings. The van der Waals surface area contributed by atoms with Crippen molar-refractivity contribution in [3.63, 3.8) is 0 Å². The first-order valence-electron chi connectivity index (χ1n) is 6.56. The van der Waals surface area contributed by atoms with Gasteiger partial charge in [-0.3, -0.25) is 0 Å². The molecule has 0 saturated carbocycles.